The molecule has 1 aromatic rings. The zero-order valence-corrected chi connectivity index (χ0v) is 10.4. The minimum atomic E-state index is -0.0655. The van der Waals surface area contributed by atoms with Crippen molar-refractivity contribution in [3.63, 3.8) is 0 Å². The summed E-state index contributed by atoms with van der Waals surface area (Å²) in [7, 11) is 1.63. The quantitative estimate of drug-likeness (QED) is 0.824. The fourth-order valence-corrected chi connectivity index (χ4v) is 2.07. The molecular weight excluding hydrogens is 232 g/mol. The van der Waals surface area contributed by atoms with E-state index in [0.717, 1.165) is 11.3 Å². The Balaban J connectivity index is 2.00. The van der Waals surface area contributed by atoms with E-state index in [1.165, 1.54) is 0 Å². The van der Waals surface area contributed by atoms with Gasteiger partial charge in [-0.2, -0.15) is 0 Å². The van der Waals surface area contributed by atoms with E-state index >= 15 is 0 Å². The number of methoxy groups -OCH3 is 1. The molecule has 5 nitrogen and oxygen atoms in total. The largest absolute Gasteiger partial charge is 0.497 e. The Bertz CT molecular complexity index is 405. The molecule has 2 rings (SSSR count). The monoisotopic (exact) mass is 250 g/mol. The van der Waals surface area contributed by atoms with Gasteiger partial charge < -0.3 is 20.1 Å². The Morgan fingerprint density at radius 2 is 2.17 bits per heavy atom. The van der Waals surface area contributed by atoms with Crippen LogP contribution in [0.2, 0.25) is 0 Å². The van der Waals surface area contributed by atoms with Crippen molar-refractivity contribution in [1.29, 1.82) is 0 Å². The third kappa shape index (κ3) is 2.73. The molecule has 2 N–H and O–H groups in total. The third-order valence-corrected chi connectivity index (χ3v) is 3.09. The van der Waals surface area contributed by atoms with Gasteiger partial charge in [-0.25, -0.2) is 4.79 Å². The Morgan fingerprint density at radius 1 is 1.44 bits per heavy atom. The number of benzene rings is 1. The normalized spacial score (nSPS) is 18.9. The molecule has 0 radical (unpaired) electrons. The summed E-state index contributed by atoms with van der Waals surface area (Å²) >= 11 is 0. The van der Waals surface area contributed by atoms with Gasteiger partial charge in [0.25, 0.3) is 0 Å². The van der Waals surface area contributed by atoms with Crippen LogP contribution in [0.15, 0.2) is 24.3 Å². The molecule has 1 aliphatic rings. The lowest BCUT2D eigenvalue weighted by Crippen LogP contribution is -2.29. The molecule has 0 saturated carbocycles. The molecular formula is C13H18N2O3. The van der Waals surface area contributed by atoms with Crippen molar-refractivity contribution in [2.45, 2.75) is 12.5 Å². The first-order valence-electron chi connectivity index (χ1n) is 6.05. The molecule has 1 fully saturated rings. The molecule has 0 aromatic heterocycles. The minimum absolute atomic E-state index is 0.0158. The van der Waals surface area contributed by atoms with E-state index in [2.05, 4.69) is 5.32 Å². The van der Waals surface area contributed by atoms with E-state index in [1.807, 2.05) is 24.3 Å². The van der Waals surface area contributed by atoms with E-state index in [-0.39, 0.29) is 18.7 Å². The Hall–Kier alpha value is -1.75. The average Bonchev–Trinajstić information content (AvgIpc) is 2.78. The zero-order valence-electron chi connectivity index (χ0n) is 10.4. The molecule has 2 amide bonds. The van der Waals surface area contributed by atoms with Crippen LogP contribution < -0.4 is 10.1 Å². The second-order valence-corrected chi connectivity index (χ2v) is 4.30. The third-order valence-electron chi connectivity index (χ3n) is 3.09. The molecule has 5 heteroatoms. The van der Waals surface area contributed by atoms with Crippen LogP contribution in [0, 0.1) is 0 Å². The number of carbonyl (C=O) groups excluding carboxylic acids is 1. The average molecular weight is 250 g/mol. The van der Waals surface area contributed by atoms with Crippen LogP contribution in [0.25, 0.3) is 0 Å². The second-order valence-electron chi connectivity index (χ2n) is 4.30. The number of ether oxygens (including phenoxy) is 1. The number of rotatable bonds is 5. The highest BCUT2D eigenvalue weighted by molar-refractivity contribution is 5.77. The lowest BCUT2D eigenvalue weighted by atomic mass is 10.1. The maximum absolute atomic E-state index is 11.7. The number of hydrogen-bond donors (Lipinski definition) is 2. The highest BCUT2D eigenvalue weighted by atomic mass is 16.5. The Morgan fingerprint density at radius 3 is 2.78 bits per heavy atom. The predicted octanol–water partition coefficient (Wildman–Crippen LogP) is 1.14. The van der Waals surface area contributed by atoms with Gasteiger partial charge in [0, 0.05) is 19.7 Å². The van der Waals surface area contributed by atoms with Gasteiger partial charge in [0.15, 0.2) is 0 Å². The summed E-state index contributed by atoms with van der Waals surface area (Å²) in [4.78, 5) is 13.4. The number of aliphatic hydroxyl groups is 1. The van der Waals surface area contributed by atoms with E-state index in [0.29, 0.717) is 19.5 Å². The zero-order chi connectivity index (χ0) is 13.0. The first kappa shape index (κ1) is 12.7. The smallest absolute Gasteiger partial charge is 0.318 e. The second kappa shape index (κ2) is 5.73. The van der Waals surface area contributed by atoms with E-state index < -0.39 is 0 Å². The number of nitrogens with one attached hydrogen (secondary N) is 1. The van der Waals surface area contributed by atoms with Crippen molar-refractivity contribution >= 4 is 6.03 Å². The molecule has 0 bridgehead atoms. The van der Waals surface area contributed by atoms with Gasteiger partial charge in [0.05, 0.1) is 13.2 Å². The van der Waals surface area contributed by atoms with Gasteiger partial charge >= 0.3 is 6.03 Å². The Labute approximate surface area is 106 Å². The number of urea groups is 1. The molecule has 0 aliphatic carbocycles. The molecule has 0 spiro atoms. The van der Waals surface area contributed by atoms with Crippen molar-refractivity contribution in [2.75, 3.05) is 26.8 Å². The van der Waals surface area contributed by atoms with Crippen molar-refractivity contribution in [3.8, 4) is 5.75 Å². The Kier molecular flexibility index (Phi) is 4.04. The van der Waals surface area contributed by atoms with Gasteiger partial charge in [-0.3, -0.25) is 0 Å². The van der Waals surface area contributed by atoms with Crippen molar-refractivity contribution < 1.29 is 14.6 Å². The summed E-state index contributed by atoms with van der Waals surface area (Å²) in [5.74, 6) is 0.806. The summed E-state index contributed by atoms with van der Waals surface area (Å²) in [6.07, 6.45) is 0.614. The van der Waals surface area contributed by atoms with Crippen molar-refractivity contribution in [1.82, 2.24) is 10.2 Å². The van der Waals surface area contributed by atoms with Gasteiger partial charge in [-0.15, -0.1) is 0 Å². The maximum atomic E-state index is 11.7. The number of hydrogen-bond acceptors (Lipinski definition) is 3. The van der Waals surface area contributed by atoms with Crippen molar-refractivity contribution in [2.24, 2.45) is 0 Å². The molecule has 1 aliphatic heterocycles. The SMILES string of the molecule is COc1ccc(C2CN(CCCO)C(=O)N2)cc1. The van der Waals surface area contributed by atoms with Crippen LogP contribution in [0.3, 0.4) is 0 Å². The van der Waals surface area contributed by atoms with Gasteiger partial charge in [-0.05, 0) is 24.1 Å². The summed E-state index contributed by atoms with van der Waals surface area (Å²) in [6, 6.07) is 7.64. The molecule has 1 atom stereocenters. The van der Waals surface area contributed by atoms with Gasteiger partial charge in [0.1, 0.15) is 5.75 Å². The minimum Gasteiger partial charge on any atom is -0.497 e. The molecule has 98 valence electrons. The van der Waals surface area contributed by atoms with E-state index in [1.54, 1.807) is 12.0 Å². The number of nitrogens with zero attached hydrogens (tertiary/aromatic N) is 1. The van der Waals surface area contributed by atoms with E-state index in [4.69, 9.17) is 9.84 Å². The van der Waals surface area contributed by atoms with Crippen LogP contribution in [0.5, 0.6) is 5.75 Å². The van der Waals surface area contributed by atoms with Gasteiger partial charge in [-0.1, -0.05) is 12.1 Å². The number of amides is 2. The van der Waals surface area contributed by atoms with E-state index in [9.17, 15) is 4.79 Å². The lowest BCUT2D eigenvalue weighted by Gasteiger charge is -2.13. The predicted molar refractivity (Wildman–Crippen MR) is 67.5 cm³/mol. The molecule has 1 saturated heterocycles. The lowest BCUT2D eigenvalue weighted by molar-refractivity contribution is 0.209. The summed E-state index contributed by atoms with van der Waals surface area (Å²) in [6.45, 7) is 1.34. The van der Waals surface area contributed by atoms with Crippen molar-refractivity contribution in [3.05, 3.63) is 29.8 Å². The standard InChI is InChI=1S/C13H18N2O3/c1-18-11-5-3-10(4-6-11)12-9-15(7-2-8-16)13(17)14-12/h3-6,12,16H,2,7-9H2,1H3,(H,14,17). The topological polar surface area (TPSA) is 61.8 Å². The summed E-state index contributed by atoms with van der Waals surface area (Å²) in [5, 5.41) is 11.7. The fraction of sp³-hybridized carbons (Fsp3) is 0.462. The highest BCUT2D eigenvalue weighted by Crippen LogP contribution is 2.22. The molecule has 1 heterocycles. The fourth-order valence-electron chi connectivity index (χ4n) is 2.07. The maximum Gasteiger partial charge on any atom is 0.318 e. The van der Waals surface area contributed by atoms with Crippen LogP contribution >= 0.6 is 0 Å². The van der Waals surface area contributed by atoms with Crippen LogP contribution in [-0.2, 0) is 0 Å². The first-order chi connectivity index (χ1) is 8.74. The highest BCUT2D eigenvalue weighted by Gasteiger charge is 2.28. The molecule has 1 aromatic carbocycles. The first-order valence-corrected chi connectivity index (χ1v) is 6.05. The molecule has 18 heavy (non-hydrogen) atoms. The number of aliphatic hydroxyl groups excluding tert-OH is 1. The summed E-state index contributed by atoms with van der Waals surface area (Å²) in [5.41, 5.74) is 1.07. The van der Waals surface area contributed by atoms with Crippen LogP contribution in [0.4, 0.5) is 4.79 Å². The van der Waals surface area contributed by atoms with Gasteiger partial charge in [0.2, 0.25) is 0 Å². The number of carbonyl (C=O) groups is 1. The summed E-state index contributed by atoms with van der Waals surface area (Å²) < 4.78 is 5.10. The van der Waals surface area contributed by atoms with Crippen LogP contribution in [0.1, 0.15) is 18.0 Å². The van der Waals surface area contributed by atoms with Crippen LogP contribution in [-0.4, -0.2) is 42.8 Å². The molecule has 1 unspecified atom stereocenters.